The Morgan fingerprint density at radius 2 is 2.30 bits per heavy atom. The van der Waals surface area contributed by atoms with Gasteiger partial charge in [-0.25, -0.2) is 0 Å². The van der Waals surface area contributed by atoms with E-state index >= 15 is 0 Å². The molecule has 3 nitrogen and oxygen atoms in total. The third-order valence-corrected chi connectivity index (χ3v) is 5.07. The van der Waals surface area contributed by atoms with Crippen molar-refractivity contribution in [3.63, 3.8) is 0 Å². The Morgan fingerprint density at radius 1 is 1.50 bits per heavy atom. The Morgan fingerprint density at radius 3 is 3.05 bits per heavy atom. The van der Waals surface area contributed by atoms with E-state index in [9.17, 15) is 9.90 Å². The lowest BCUT2D eigenvalue weighted by atomic mass is 9.81. The van der Waals surface area contributed by atoms with Gasteiger partial charge < -0.3 is 5.11 Å². The van der Waals surface area contributed by atoms with E-state index in [0.29, 0.717) is 12.6 Å². The molecule has 20 heavy (non-hydrogen) atoms. The van der Waals surface area contributed by atoms with Gasteiger partial charge in [-0.05, 0) is 62.4 Å². The van der Waals surface area contributed by atoms with Crippen LogP contribution in [-0.4, -0.2) is 29.1 Å². The molecule has 1 N–H and O–H groups in total. The highest BCUT2D eigenvalue weighted by Gasteiger charge is 2.41. The highest BCUT2D eigenvalue weighted by molar-refractivity contribution is 6.30. The maximum Gasteiger partial charge on any atom is 0.310 e. The molecule has 1 aromatic carbocycles. The number of carboxylic acids is 1. The van der Waals surface area contributed by atoms with Gasteiger partial charge in [0.25, 0.3) is 0 Å². The molecule has 108 valence electrons. The molecule has 0 aromatic heterocycles. The normalized spacial score (nSPS) is 30.2. The van der Waals surface area contributed by atoms with Crippen molar-refractivity contribution >= 4 is 17.6 Å². The lowest BCUT2D eigenvalue weighted by Crippen LogP contribution is -2.46. The van der Waals surface area contributed by atoms with Gasteiger partial charge in [0, 0.05) is 17.6 Å². The van der Waals surface area contributed by atoms with E-state index in [1.807, 2.05) is 13.0 Å². The first-order chi connectivity index (χ1) is 9.49. The number of piperidine rings is 1. The molecule has 4 heteroatoms. The number of hydrogen-bond donors (Lipinski definition) is 1. The Balaban J connectivity index is 1.83. The van der Waals surface area contributed by atoms with Gasteiger partial charge in [-0.3, -0.25) is 9.69 Å². The fourth-order valence-electron chi connectivity index (χ4n) is 3.66. The second-order valence-corrected chi connectivity index (χ2v) is 6.77. The third-order valence-electron chi connectivity index (χ3n) is 4.83. The summed E-state index contributed by atoms with van der Waals surface area (Å²) in [5.41, 5.74) is 2.06. The summed E-state index contributed by atoms with van der Waals surface area (Å²) in [5.74, 6) is -0.670. The van der Waals surface area contributed by atoms with Crippen LogP contribution in [0.3, 0.4) is 0 Å². The minimum absolute atomic E-state index is 0.362. The zero-order valence-corrected chi connectivity index (χ0v) is 12.5. The molecule has 0 saturated carbocycles. The molecule has 1 aliphatic heterocycles. The van der Waals surface area contributed by atoms with Crippen molar-refractivity contribution in [1.82, 2.24) is 4.90 Å². The number of likely N-dealkylation sites (tertiary alicyclic amines) is 1. The van der Waals surface area contributed by atoms with Crippen LogP contribution >= 0.6 is 11.6 Å². The average Bonchev–Trinajstić information content (AvgIpc) is 2.81. The number of rotatable bonds is 2. The molecule has 3 rings (SSSR count). The number of benzene rings is 1. The van der Waals surface area contributed by atoms with Crippen LogP contribution in [0.5, 0.6) is 0 Å². The molecule has 1 aliphatic carbocycles. The van der Waals surface area contributed by atoms with Crippen LogP contribution in [0.25, 0.3) is 0 Å². The van der Waals surface area contributed by atoms with E-state index in [1.165, 1.54) is 11.1 Å². The Kier molecular flexibility index (Phi) is 3.51. The lowest BCUT2D eigenvalue weighted by Gasteiger charge is -2.41. The minimum Gasteiger partial charge on any atom is -0.481 e. The predicted molar refractivity (Wildman–Crippen MR) is 79.1 cm³/mol. The van der Waals surface area contributed by atoms with Crippen molar-refractivity contribution in [3.05, 3.63) is 34.3 Å². The van der Waals surface area contributed by atoms with Gasteiger partial charge in [-0.15, -0.1) is 0 Å². The van der Waals surface area contributed by atoms with Gasteiger partial charge in [0.15, 0.2) is 0 Å². The van der Waals surface area contributed by atoms with Crippen molar-refractivity contribution in [2.75, 3.05) is 13.1 Å². The molecule has 2 atom stereocenters. The number of carboxylic acid groups (broad SMARTS) is 1. The lowest BCUT2D eigenvalue weighted by molar-refractivity contribution is -0.151. The van der Waals surface area contributed by atoms with E-state index in [4.69, 9.17) is 11.6 Å². The number of halogens is 1. The summed E-state index contributed by atoms with van der Waals surface area (Å²) in [5, 5.41) is 10.2. The maximum atomic E-state index is 11.5. The molecule has 0 spiro atoms. The third kappa shape index (κ3) is 2.33. The van der Waals surface area contributed by atoms with Gasteiger partial charge >= 0.3 is 5.97 Å². The second kappa shape index (κ2) is 5.05. The summed E-state index contributed by atoms with van der Waals surface area (Å²) in [7, 11) is 0. The van der Waals surface area contributed by atoms with Crippen LogP contribution in [0.4, 0.5) is 0 Å². The van der Waals surface area contributed by atoms with Crippen molar-refractivity contribution in [3.8, 4) is 0 Å². The molecule has 1 saturated heterocycles. The molecule has 1 fully saturated rings. The highest BCUT2D eigenvalue weighted by Crippen LogP contribution is 2.41. The molecule has 1 heterocycles. The average molecular weight is 294 g/mol. The second-order valence-electron chi connectivity index (χ2n) is 6.34. The first-order valence-corrected chi connectivity index (χ1v) is 7.63. The van der Waals surface area contributed by atoms with Crippen LogP contribution in [-0.2, 0) is 11.2 Å². The molecule has 2 unspecified atom stereocenters. The standard InChI is InChI=1S/C16H20ClNO2/c1-16(15(19)20)7-2-8-18(10-16)14-6-3-11-9-12(17)4-5-13(11)14/h4-5,9,14H,2-3,6-8,10H2,1H3,(H,19,20). The number of aliphatic carboxylic acids is 1. The van der Waals surface area contributed by atoms with E-state index in [1.54, 1.807) is 0 Å². The van der Waals surface area contributed by atoms with Crippen LogP contribution in [0.1, 0.15) is 43.4 Å². The summed E-state index contributed by atoms with van der Waals surface area (Å²) in [4.78, 5) is 13.8. The smallest absolute Gasteiger partial charge is 0.310 e. The number of carbonyl (C=O) groups is 1. The molecular weight excluding hydrogens is 274 g/mol. The fourth-order valence-corrected chi connectivity index (χ4v) is 3.86. The molecular formula is C16H20ClNO2. The van der Waals surface area contributed by atoms with Crippen molar-refractivity contribution in [2.45, 2.75) is 38.6 Å². The van der Waals surface area contributed by atoms with Crippen LogP contribution in [0.2, 0.25) is 5.02 Å². The summed E-state index contributed by atoms with van der Waals surface area (Å²) in [6.07, 6.45) is 3.85. The molecule has 0 bridgehead atoms. The zero-order chi connectivity index (χ0) is 14.3. The SMILES string of the molecule is CC1(C(=O)O)CCCN(C2CCc3cc(Cl)ccc32)C1. The topological polar surface area (TPSA) is 40.5 Å². The number of aryl methyl sites for hydroxylation is 1. The molecule has 0 radical (unpaired) electrons. The monoisotopic (exact) mass is 293 g/mol. The highest BCUT2D eigenvalue weighted by atomic mass is 35.5. The van der Waals surface area contributed by atoms with Crippen molar-refractivity contribution in [2.24, 2.45) is 5.41 Å². The van der Waals surface area contributed by atoms with E-state index in [0.717, 1.165) is 37.3 Å². The summed E-state index contributed by atoms with van der Waals surface area (Å²) < 4.78 is 0. The van der Waals surface area contributed by atoms with Gasteiger partial charge in [-0.1, -0.05) is 17.7 Å². The summed E-state index contributed by atoms with van der Waals surface area (Å²) in [6, 6.07) is 6.47. The molecule has 1 aromatic rings. The van der Waals surface area contributed by atoms with Gasteiger partial charge in [0.1, 0.15) is 0 Å². The number of nitrogens with zero attached hydrogens (tertiary/aromatic N) is 1. The minimum atomic E-state index is -0.670. The molecule has 0 amide bonds. The Hall–Kier alpha value is -1.06. The number of fused-ring (bicyclic) bond motifs is 1. The number of hydrogen-bond acceptors (Lipinski definition) is 2. The van der Waals surface area contributed by atoms with Gasteiger partial charge in [0.2, 0.25) is 0 Å². The van der Waals surface area contributed by atoms with Crippen molar-refractivity contribution < 1.29 is 9.90 Å². The fraction of sp³-hybridized carbons (Fsp3) is 0.562. The summed E-state index contributed by atoms with van der Waals surface area (Å²) in [6.45, 7) is 3.52. The maximum absolute atomic E-state index is 11.5. The van der Waals surface area contributed by atoms with Crippen LogP contribution < -0.4 is 0 Å². The first-order valence-electron chi connectivity index (χ1n) is 7.25. The Bertz CT molecular complexity index is 545. The van der Waals surface area contributed by atoms with E-state index in [-0.39, 0.29) is 0 Å². The van der Waals surface area contributed by atoms with E-state index < -0.39 is 11.4 Å². The van der Waals surface area contributed by atoms with E-state index in [2.05, 4.69) is 17.0 Å². The van der Waals surface area contributed by atoms with Gasteiger partial charge in [-0.2, -0.15) is 0 Å². The van der Waals surface area contributed by atoms with Crippen LogP contribution in [0.15, 0.2) is 18.2 Å². The van der Waals surface area contributed by atoms with Gasteiger partial charge in [0.05, 0.1) is 5.41 Å². The predicted octanol–water partition coefficient (Wildman–Crippen LogP) is 3.51. The molecule has 2 aliphatic rings. The van der Waals surface area contributed by atoms with Crippen molar-refractivity contribution in [1.29, 1.82) is 0 Å². The van der Waals surface area contributed by atoms with Crippen LogP contribution in [0, 0.1) is 5.41 Å². The Labute approximate surface area is 124 Å². The summed E-state index contributed by atoms with van der Waals surface area (Å²) >= 11 is 6.05. The largest absolute Gasteiger partial charge is 0.481 e. The quantitative estimate of drug-likeness (QED) is 0.907. The zero-order valence-electron chi connectivity index (χ0n) is 11.7. The first kappa shape index (κ1) is 13.9.